The van der Waals surface area contributed by atoms with Crippen molar-refractivity contribution in [1.82, 2.24) is 10.6 Å². The summed E-state index contributed by atoms with van der Waals surface area (Å²) in [6.45, 7) is 0.611. The fourth-order valence-corrected chi connectivity index (χ4v) is 4.15. The Morgan fingerprint density at radius 2 is 1.88 bits per heavy atom. The van der Waals surface area contributed by atoms with Crippen LogP contribution in [0, 0.1) is 11.8 Å². The second-order valence-electron chi connectivity index (χ2n) is 7.01. The third-order valence-corrected chi connectivity index (χ3v) is 5.78. The lowest BCUT2D eigenvalue weighted by Gasteiger charge is -2.26. The highest BCUT2D eigenvalue weighted by molar-refractivity contribution is 6.35. The van der Waals surface area contributed by atoms with Crippen molar-refractivity contribution < 1.29 is 14.7 Å². The monoisotopic (exact) mass is 384 g/mol. The van der Waals surface area contributed by atoms with Crippen LogP contribution in [0.15, 0.2) is 18.2 Å². The number of halogens is 2. The maximum atomic E-state index is 12.0. The lowest BCUT2D eigenvalue weighted by Crippen LogP contribution is -2.44. The summed E-state index contributed by atoms with van der Waals surface area (Å²) in [4.78, 5) is 23.0. The van der Waals surface area contributed by atoms with E-state index in [-0.39, 0.29) is 18.0 Å². The summed E-state index contributed by atoms with van der Waals surface area (Å²) in [6.07, 6.45) is 3.69. The van der Waals surface area contributed by atoms with Gasteiger partial charge in [0.25, 0.3) is 0 Å². The van der Waals surface area contributed by atoms with Gasteiger partial charge in [-0.1, -0.05) is 29.3 Å². The molecule has 2 aliphatic rings. The average molecular weight is 385 g/mol. The zero-order valence-electron chi connectivity index (χ0n) is 13.8. The molecule has 0 heterocycles. The number of urea groups is 1. The molecule has 1 aromatic carbocycles. The number of nitrogens with one attached hydrogen (secondary N) is 2. The minimum Gasteiger partial charge on any atom is -0.481 e. The summed E-state index contributed by atoms with van der Waals surface area (Å²) in [5, 5.41) is 16.2. The fraction of sp³-hybridized carbons (Fsp3) is 0.556. The van der Waals surface area contributed by atoms with E-state index in [1.807, 2.05) is 12.1 Å². The van der Waals surface area contributed by atoms with Crippen molar-refractivity contribution in [3.05, 3.63) is 33.8 Å². The Morgan fingerprint density at radius 3 is 2.52 bits per heavy atom. The number of hydrogen-bond donors (Lipinski definition) is 3. The summed E-state index contributed by atoms with van der Waals surface area (Å²) < 4.78 is 0. The van der Waals surface area contributed by atoms with Gasteiger partial charge in [0.2, 0.25) is 0 Å². The second-order valence-corrected chi connectivity index (χ2v) is 7.85. The molecule has 2 atom stereocenters. The zero-order chi connectivity index (χ0) is 18.0. The molecule has 3 rings (SSSR count). The minimum absolute atomic E-state index is 0.0660. The Hall–Kier alpha value is -1.46. The highest BCUT2D eigenvalue weighted by atomic mass is 35.5. The largest absolute Gasteiger partial charge is 0.481 e. The molecule has 2 fully saturated rings. The average Bonchev–Trinajstić information content (AvgIpc) is 3.33. The van der Waals surface area contributed by atoms with Crippen molar-refractivity contribution in [3.8, 4) is 0 Å². The quantitative estimate of drug-likeness (QED) is 0.716. The fourth-order valence-electron chi connectivity index (χ4n) is 3.60. The van der Waals surface area contributed by atoms with Gasteiger partial charge in [-0.05, 0) is 61.6 Å². The van der Waals surface area contributed by atoms with E-state index in [0.717, 1.165) is 24.8 Å². The van der Waals surface area contributed by atoms with Crippen LogP contribution in [0.25, 0.3) is 0 Å². The molecule has 3 N–H and O–H groups in total. The molecule has 0 spiro atoms. The van der Waals surface area contributed by atoms with Crippen molar-refractivity contribution in [2.45, 2.75) is 44.1 Å². The predicted molar refractivity (Wildman–Crippen MR) is 97.2 cm³/mol. The zero-order valence-corrected chi connectivity index (χ0v) is 15.3. The first-order valence-electron chi connectivity index (χ1n) is 8.66. The van der Waals surface area contributed by atoms with Gasteiger partial charge in [-0.2, -0.15) is 0 Å². The molecule has 7 heteroatoms. The summed E-state index contributed by atoms with van der Waals surface area (Å²) in [6, 6.07) is 5.44. The Bertz CT molecular complexity index is 660. The second kappa shape index (κ2) is 7.83. The first-order valence-corrected chi connectivity index (χ1v) is 9.41. The molecule has 0 bridgehead atoms. The van der Waals surface area contributed by atoms with Crippen LogP contribution in [-0.2, 0) is 4.79 Å². The molecule has 0 unspecified atom stereocenters. The number of carboxylic acid groups (broad SMARTS) is 1. The van der Waals surface area contributed by atoms with Gasteiger partial charge >= 0.3 is 12.0 Å². The molecule has 0 aromatic heterocycles. The number of aliphatic carboxylic acids is 1. The SMILES string of the molecule is O=C(NC[C@@H]1C[C@H]1c1ccc(Cl)cc1Cl)NC1CCC(C(=O)O)CC1. The van der Waals surface area contributed by atoms with E-state index in [0.29, 0.717) is 41.3 Å². The molecule has 0 saturated heterocycles. The topological polar surface area (TPSA) is 78.4 Å². The lowest BCUT2D eigenvalue weighted by molar-refractivity contribution is -0.142. The molecular weight excluding hydrogens is 363 g/mol. The van der Waals surface area contributed by atoms with Crippen LogP contribution in [0.4, 0.5) is 4.79 Å². The van der Waals surface area contributed by atoms with E-state index < -0.39 is 5.97 Å². The molecule has 0 aliphatic heterocycles. The van der Waals surface area contributed by atoms with Crippen LogP contribution < -0.4 is 10.6 Å². The van der Waals surface area contributed by atoms with Gasteiger partial charge in [0.05, 0.1) is 5.92 Å². The molecule has 2 saturated carbocycles. The first-order chi connectivity index (χ1) is 11.9. The maximum Gasteiger partial charge on any atom is 0.315 e. The summed E-state index contributed by atoms with van der Waals surface area (Å²) in [7, 11) is 0. The Morgan fingerprint density at radius 1 is 1.16 bits per heavy atom. The number of carbonyl (C=O) groups excluding carboxylic acids is 1. The number of carboxylic acids is 1. The standard InChI is InChI=1S/C18H22Cl2N2O3/c19-12-3-6-14(16(20)8-12)15-7-11(15)9-21-18(25)22-13-4-1-10(2-5-13)17(23)24/h3,6,8,10-11,13,15H,1-2,4-5,7,9H2,(H,23,24)(H2,21,22,25)/t10?,11-,13?,15+/m0/s1. The molecule has 136 valence electrons. The van der Waals surface area contributed by atoms with Gasteiger partial charge in [-0.25, -0.2) is 4.79 Å². The van der Waals surface area contributed by atoms with E-state index in [4.69, 9.17) is 28.3 Å². The van der Waals surface area contributed by atoms with Crippen molar-refractivity contribution in [2.24, 2.45) is 11.8 Å². The minimum atomic E-state index is -0.733. The van der Waals surface area contributed by atoms with E-state index in [2.05, 4.69) is 10.6 Å². The van der Waals surface area contributed by atoms with E-state index in [1.165, 1.54) is 0 Å². The maximum absolute atomic E-state index is 12.0. The summed E-state index contributed by atoms with van der Waals surface area (Å²) in [5.74, 6) is -0.232. The van der Waals surface area contributed by atoms with Gasteiger partial charge < -0.3 is 15.7 Å². The summed E-state index contributed by atoms with van der Waals surface area (Å²) >= 11 is 12.1. The third kappa shape index (κ3) is 4.79. The number of benzene rings is 1. The normalized spacial score (nSPS) is 28.2. The number of carbonyl (C=O) groups is 2. The molecule has 0 radical (unpaired) electrons. The van der Waals surface area contributed by atoms with E-state index >= 15 is 0 Å². The molecule has 2 aliphatic carbocycles. The van der Waals surface area contributed by atoms with E-state index in [9.17, 15) is 9.59 Å². The van der Waals surface area contributed by atoms with Gasteiger partial charge in [0.15, 0.2) is 0 Å². The molecule has 5 nitrogen and oxygen atoms in total. The molecule has 2 amide bonds. The Labute approximate surface area is 157 Å². The van der Waals surface area contributed by atoms with Crippen LogP contribution in [-0.4, -0.2) is 29.7 Å². The van der Waals surface area contributed by atoms with Gasteiger partial charge in [0, 0.05) is 22.6 Å². The molecular formula is C18H22Cl2N2O3. The van der Waals surface area contributed by atoms with Crippen LogP contribution in [0.5, 0.6) is 0 Å². The smallest absolute Gasteiger partial charge is 0.315 e. The third-order valence-electron chi connectivity index (χ3n) is 5.22. The Balaban J connectivity index is 1.38. The van der Waals surface area contributed by atoms with Gasteiger partial charge in [-0.15, -0.1) is 0 Å². The van der Waals surface area contributed by atoms with Crippen LogP contribution in [0.3, 0.4) is 0 Å². The van der Waals surface area contributed by atoms with Gasteiger partial charge in [-0.3, -0.25) is 4.79 Å². The number of rotatable bonds is 5. The molecule has 25 heavy (non-hydrogen) atoms. The van der Waals surface area contributed by atoms with Crippen molar-refractivity contribution >= 4 is 35.2 Å². The Kier molecular flexibility index (Phi) is 5.74. The highest BCUT2D eigenvalue weighted by Crippen LogP contribution is 2.49. The first kappa shape index (κ1) is 18.3. The molecule has 1 aromatic rings. The van der Waals surface area contributed by atoms with Crippen LogP contribution in [0.2, 0.25) is 10.0 Å². The number of hydrogen-bond acceptors (Lipinski definition) is 2. The van der Waals surface area contributed by atoms with Gasteiger partial charge in [0.1, 0.15) is 0 Å². The van der Waals surface area contributed by atoms with Crippen LogP contribution in [0.1, 0.15) is 43.6 Å². The van der Waals surface area contributed by atoms with Crippen LogP contribution >= 0.6 is 23.2 Å². The summed E-state index contributed by atoms with van der Waals surface area (Å²) in [5.41, 5.74) is 1.09. The predicted octanol–water partition coefficient (Wildman–Crippen LogP) is 4.04. The van der Waals surface area contributed by atoms with E-state index in [1.54, 1.807) is 6.07 Å². The van der Waals surface area contributed by atoms with Crippen molar-refractivity contribution in [1.29, 1.82) is 0 Å². The number of amides is 2. The van der Waals surface area contributed by atoms with Crippen molar-refractivity contribution in [3.63, 3.8) is 0 Å². The lowest BCUT2D eigenvalue weighted by atomic mass is 9.86. The van der Waals surface area contributed by atoms with Crippen molar-refractivity contribution in [2.75, 3.05) is 6.54 Å². The highest BCUT2D eigenvalue weighted by Gasteiger charge is 2.39.